The van der Waals surface area contributed by atoms with Crippen molar-refractivity contribution in [3.05, 3.63) is 63.6 Å². The first kappa shape index (κ1) is 21.4. The van der Waals surface area contributed by atoms with Gasteiger partial charge in [0.05, 0.1) is 25.7 Å². The molecule has 0 aliphatic heterocycles. The second-order valence-electron chi connectivity index (χ2n) is 6.78. The minimum absolute atomic E-state index is 0.0636. The highest BCUT2D eigenvalue weighted by Gasteiger charge is 2.17. The lowest BCUT2D eigenvalue weighted by molar-refractivity contribution is 0.0379. The number of hydrogen-bond donors (Lipinski definition) is 0. The molecule has 144 valence electrons. The summed E-state index contributed by atoms with van der Waals surface area (Å²) in [6.45, 7) is 12.5. The molecule has 0 fully saturated rings. The van der Waals surface area contributed by atoms with Gasteiger partial charge in [0.15, 0.2) is 0 Å². The van der Waals surface area contributed by atoms with Gasteiger partial charge in [-0.2, -0.15) is 0 Å². The van der Waals surface area contributed by atoms with Crippen molar-refractivity contribution in [2.45, 2.75) is 39.7 Å². The van der Waals surface area contributed by atoms with Crippen molar-refractivity contribution >= 4 is 11.3 Å². The number of aromatic nitrogens is 1. The van der Waals surface area contributed by atoms with Crippen LogP contribution in [0.2, 0.25) is 0 Å². The number of ether oxygens (including phenoxy) is 2. The fourth-order valence-corrected chi connectivity index (χ4v) is 3.63. The summed E-state index contributed by atoms with van der Waals surface area (Å²) in [5, 5.41) is 0.941. The lowest BCUT2D eigenvalue weighted by Gasteiger charge is -2.13. The second-order valence-corrected chi connectivity index (χ2v) is 7.93. The lowest BCUT2D eigenvalue weighted by Crippen LogP contribution is -2.06. The topological polar surface area (TPSA) is 31.4 Å². The molecule has 0 N–H and O–H groups in total. The standard InChI is InChI=1S/C23H29NO2S/c1-6-17(3)10-11-25-12-13-26-16-23-24-15-22(27-23)20(7-2)21-14-18(4)8-9-19(21)5/h2,6,8-9,14-15,17,20H,1,10-13,16H2,3-5H3/t17-,20?/m1/s1. The van der Waals surface area contributed by atoms with Crippen molar-refractivity contribution in [2.75, 3.05) is 19.8 Å². The molecule has 1 heterocycles. The zero-order chi connectivity index (χ0) is 19.6. The summed E-state index contributed by atoms with van der Waals surface area (Å²) in [5.74, 6) is 3.35. The molecule has 0 amide bonds. The smallest absolute Gasteiger partial charge is 0.119 e. The fourth-order valence-electron chi connectivity index (χ4n) is 2.69. The van der Waals surface area contributed by atoms with E-state index in [-0.39, 0.29) is 5.92 Å². The average Bonchev–Trinajstić information content (AvgIpc) is 3.12. The number of aryl methyl sites for hydroxylation is 2. The minimum Gasteiger partial charge on any atom is -0.379 e. The Bertz CT molecular complexity index is 775. The number of nitrogens with zero attached hydrogens (tertiary/aromatic N) is 1. The first-order valence-corrected chi connectivity index (χ1v) is 10.1. The number of allylic oxidation sites excluding steroid dienone is 1. The zero-order valence-corrected chi connectivity index (χ0v) is 17.3. The molecule has 2 rings (SSSR count). The Morgan fingerprint density at radius 1 is 1.26 bits per heavy atom. The van der Waals surface area contributed by atoms with Gasteiger partial charge in [-0.1, -0.05) is 42.7 Å². The maximum Gasteiger partial charge on any atom is 0.119 e. The summed E-state index contributed by atoms with van der Waals surface area (Å²) >= 11 is 1.62. The van der Waals surface area contributed by atoms with Crippen molar-refractivity contribution in [2.24, 2.45) is 5.92 Å². The molecule has 2 aromatic rings. The minimum atomic E-state index is -0.0636. The average molecular weight is 384 g/mol. The molecule has 1 aromatic carbocycles. The van der Waals surface area contributed by atoms with Gasteiger partial charge in [0.2, 0.25) is 0 Å². The first-order valence-electron chi connectivity index (χ1n) is 9.31. The van der Waals surface area contributed by atoms with Crippen LogP contribution in [0.1, 0.15) is 45.8 Å². The van der Waals surface area contributed by atoms with E-state index in [1.807, 2.05) is 12.3 Å². The number of hydrogen-bond acceptors (Lipinski definition) is 4. The number of thiazole rings is 1. The van der Waals surface area contributed by atoms with Crippen LogP contribution >= 0.6 is 11.3 Å². The molecule has 4 heteroatoms. The molecule has 0 bridgehead atoms. The summed E-state index contributed by atoms with van der Waals surface area (Å²) in [6, 6.07) is 6.40. The van der Waals surface area contributed by atoms with Gasteiger partial charge in [0.25, 0.3) is 0 Å². The van der Waals surface area contributed by atoms with Gasteiger partial charge in [0, 0.05) is 17.7 Å². The SMILES string of the molecule is C#CC(c1cnc(COCCOCC[C@H](C)C=C)s1)c1cc(C)ccc1C. The molecule has 0 saturated carbocycles. The van der Waals surface area contributed by atoms with Crippen molar-refractivity contribution in [1.29, 1.82) is 0 Å². The van der Waals surface area contributed by atoms with Crippen LogP contribution in [-0.4, -0.2) is 24.8 Å². The first-order chi connectivity index (χ1) is 13.0. The highest BCUT2D eigenvalue weighted by Crippen LogP contribution is 2.31. The van der Waals surface area contributed by atoms with Crippen molar-refractivity contribution < 1.29 is 9.47 Å². The maximum atomic E-state index is 5.84. The van der Waals surface area contributed by atoms with E-state index in [1.165, 1.54) is 16.7 Å². The van der Waals surface area contributed by atoms with Gasteiger partial charge in [-0.25, -0.2) is 4.98 Å². The fraction of sp³-hybridized carbons (Fsp3) is 0.435. The number of rotatable bonds is 11. The van der Waals surface area contributed by atoms with E-state index in [9.17, 15) is 0 Å². The van der Waals surface area contributed by atoms with Crippen LogP contribution in [0.3, 0.4) is 0 Å². The summed E-state index contributed by atoms with van der Waals surface area (Å²) in [5.41, 5.74) is 3.60. The van der Waals surface area contributed by atoms with Crippen molar-refractivity contribution in [1.82, 2.24) is 4.98 Å². The molecule has 0 aliphatic carbocycles. The number of terminal acetylenes is 1. The maximum absolute atomic E-state index is 5.84. The van der Waals surface area contributed by atoms with Crippen LogP contribution in [0.5, 0.6) is 0 Å². The van der Waals surface area contributed by atoms with Crippen LogP contribution in [0.25, 0.3) is 0 Å². The molecule has 0 spiro atoms. The Morgan fingerprint density at radius 2 is 2.04 bits per heavy atom. The highest BCUT2D eigenvalue weighted by atomic mass is 32.1. The molecule has 2 atom stereocenters. The van der Waals surface area contributed by atoms with Crippen molar-refractivity contribution in [3.8, 4) is 12.3 Å². The van der Waals surface area contributed by atoms with E-state index in [0.29, 0.717) is 25.7 Å². The van der Waals surface area contributed by atoms with Crippen LogP contribution < -0.4 is 0 Å². The van der Waals surface area contributed by atoms with E-state index in [1.54, 1.807) is 11.3 Å². The largest absolute Gasteiger partial charge is 0.379 e. The monoisotopic (exact) mass is 383 g/mol. The molecular weight excluding hydrogens is 354 g/mol. The molecule has 27 heavy (non-hydrogen) atoms. The zero-order valence-electron chi connectivity index (χ0n) is 16.5. The second kappa shape index (κ2) is 11.0. The predicted molar refractivity (Wildman–Crippen MR) is 113 cm³/mol. The predicted octanol–water partition coefficient (Wildman–Crippen LogP) is 5.27. The summed E-state index contributed by atoms with van der Waals surface area (Å²) in [4.78, 5) is 5.56. The molecule has 3 nitrogen and oxygen atoms in total. The molecule has 0 saturated heterocycles. The molecule has 0 aliphatic rings. The Kier molecular flexibility index (Phi) is 8.74. The third-order valence-electron chi connectivity index (χ3n) is 4.49. The van der Waals surface area contributed by atoms with Crippen LogP contribution in [0.15, 0.2) is 37.1 Å². The van der Waals surface area contributed by atoms with Crippen LogP contribution in [0.4, 0.5) is 0 Å². The lowest BCUT2D eigenvalue weighted by atomic mass is 9.93. The normalized spacial score (nSPS) is 13.1. The van der Waals surface area contributed by atoms with Crippen LogP contribution in [0, 0.1) is 32.1 Å². The molecule has 1 aromatic heterocycles. The Morgan fingerprint density at radius 3 is 2.78 bits per heavy atom. The van der Waals surface area contributed by atoms with Gasteiger partial charge >= 0.3 is 0 Å². The van der Waals surface area contributed by atoms with Gasteiger partial charge in [-0.15, -0.1) is 24.3 Å². The Balaban J connectivity index is 1.82. The van der Waals surface area contributed by atoms with Gasteiger partial charge in [-0.05, 0) is 37.3 Å². The molecular formula is C23H29NO2S. The Labute approximate surface area is 167 Å². The van der Waals surface area contributed by atoms with E-state index >= 15 is 0 Å². The van der Waals surface area contributed by atoms with E-state index in [0.717, 1.165) is 22.9 Å². The number of benzene rings is 1. The molecule has 1 unspecified atom stereocenters. The van der Waals surface area contributed by atoms with Gasteiger partial charge in [-0.3, -0.25) is 0 Å². The summed E-state index contributed by atoms with van der Waals surface area (Å²) < 4.78 is 11.3. The Hall–Kier alpha value is -1.93. The highest BCUT2D eigenvalue weighted by molar-refractivity contribution is 7.11. The van der Waals surface area contributed by atoms with Crippen LogP contribution in [-0.2, 0) is 16.1 Å². The summed E-state index contributed by atoms with van der Waals surface area (Å²) in [7, 11) is 0. The van der Waals surface area contributed by atoms with E-state index in [2.05, 4.69) is 56.5 Å². The van der Waals surface area contributed by atoms with Crippen molar-refractivity contribution in [3.63, 3.8) is 0 Å². The van der Waals surface area contributed by atoms with E-state index in [4.69, 9.17) is 15.9 Å². The van der Waals surface area contributed by atoms with E-state index < -0.39 is 0 Å². The molecule has 0 radical (unpaired) electrons. The third-order valence-corrected chi connectivity index (χ3v) is 5.52. The summed E-state index contributed by atoms with van der Waals surface area (Å²) in [6.07, 6.45) is 10.7. The third kappa shape index (κ3) is 6.62. The van der Waals surface area contributed by atoms with Gasteiger partial charge < -0.3 is 9.47 Å². The van der Waals surface area contributed by atoms with Gasteiger partial charge in [0.1, 0.15) is 5.01 Å². The quantitative estimate of drug-likeness (QED) is 0.301.